The predicted molar refractivity (Wildman–Crippen MR) is 82.0 cm³/mol. The monoisotopic (exact) mass is 297 g/mol. The Kier molecular flexibility index (Phi) is 4.99. The third-order valence-corrected chi connectivity index (χ3v) is 4.69. The van der Waals surface area contributed by atoms with Crippen LogP contribution in [0.4, 0.5) is 5.13 Å². The first-order valence-electron chi connectivity index (χ1n) is 7.17. The SMILES string of the molecule is CCCc1nc(N2CCCC2CN(C)C)sc1C(=O)O. The molecule has 1 aliphatic heterocycles. The van der Waals surface area contributed by atoms with Crippen LogP contribution < -0.4 is 4.90 Å². The lowest BCUT2D eigenvalue weighted by Gasteiger charge is -2.26. The van der Waals surface area contributed by atoms with Crippen molar-refractivity contribution in [2.45, 2.75) is 38.6 Å². The molecule has 0 amide bonds. The Morgan fingerprint density at radius 3 is 2.90 bits per heavy atom. The van der Waals surface area contributed by atoms with Gasteiger partial charge in [0.15, 0.2) is 5.13 Å². The average Bonchev–Trinajstić information content (AvgIpc) is 2.95. The van der Waals surface area contributed by atoms with Gasteiger partial charge in [-0.05, 0) is 33.4 Å². The standard InChI is InChI=1S/C14H23N3O2S/c1-4-6-11-12(13(18)19)20-14(15-11)17-8-5-7-10(17)9-16(2)3/h10H,4-9H2,1-3H3,(H,18,19). The van der Waals surface area contributed by atoms with E-state index in [-0.39, 0.29) is 0 Å². The number of hydrogen-bond donors (Lipinski definition) is 1. The molecule has 0 aromatic carbocycles. The van der Waals surface area contributed by atoms with Crippen molar-refractivity contribution in [3.05, 3.63) is 10.6 Å². The van der Waals surface area contributed by atoms with E-state index in [0.29, 0.717) is 10.9 Å². The maximum atomic E-state index is 11.3. The number of rotatable bonds is 6. The fraction of sp³-hybridized carbons (Fsp3) is 0.714. The second kappa shape index (κ2) is 6.54. The van der Waals surface area contributed by atoms with Gasteiger partial charge in [-0.15, -0.1) is 0 Å². The second-order valence-electron chi connectivity index (χ2n) is 5.58. The van der Waals surface area contributed by atoms with E-state index >= 15 is 0 Å². The van der Waals surface area contributed by atoms with Gasteiger partial charge < -0.3 is 14.9 Å². The molecule has 0 bridgehead atoms. The number of carbonyl (C=O) groups is 1. The van der Waals surface area contributed by atoms with Crippen LogP contribution in [0.25, 0.3) is 0 Å². The number of aryl methyl sites for hydroxylation is 1. The molecule has 1 saturated heterocycles. The van der Waals surface area contributed by atoms with E-state index in [2.05, 4.69) is 35.8 Å². The summed E-state index contributed by atoms with van der Waals surface area (Å²) in [5.41, 5.74) is 0.746. The quantitative estimate of drug-likeness (QED) is 0.873. The number of likely N-dealkylation sites (N-methyl/N-ethyl adjacent to an activating group) is 1. The molecule has 1 atom stereocenters. The van der Waals surface area contributed by atoms with E-state index in [1.165, 1.54) is 11.3 Å². The van der Waals surface area contributed by atoms with Crippen LogP contribution in [0, 0.1) is 0 Å². The molecule has 1 fully saturated rings. The highest BCUT2D eigenvalue weighted by molar-refractivity contribution is 7.17. The number of carboxylic acid groups (broad SMARTS) is 1. The topological polar surface area (TPSA) is 56.7 Å². The van der Waals surface area contributed by atoms with Gasteiger partial charge in [-0.2, -0.15) is 0 Å². The maximum Gasteiger partial charge on any atom is 0.347 e. The summed E-state index contributed by atoms with van der Waals surface area (Å²) >= 11 is 1.33. The van der Waals surface area contributed by atoms with Gasteiger partial charge in [-0.25, -0.2) is 9.78 Å². The van der Waals surface area contributed by atoms with E-state index in [1.54, 1.807) is 0 Å². The maximum absolute atomic E-state index is 11.3. The van der Waals surface area contributed by atoms with E-state index in [9.17, 15) is 9.90 Å². The zero-order chi connectivity index (χ0) is 14.7. The smallest absolute Gasteiger partial charge is 0.347 e. The summed E-state index contributed by atoms with van der Waals surface area (Å²) in [6, 6.07) is 0.451. The number of anilines is 1. The molecule has 0 aliphatic carbocycles. The first-order chi connectivity index (χ1) is 9.52. The van der Waals surface area contributed by atoms with Crippen molar-refractivity contribution in [2.24, 2.45) is 0 Å². The molecule has 2 heterocycles. The van der Waals surface area contributed by atoms with Crippen molar-refractivity contribution < 1.29 is 9.90 Å². The molecular weight excluding hydrogens is 274 g/mol. The summed E-state index contributed by atoms with van der Waals surface area (Å²) in [6.07, 6.45) is 3.97. The summed E-state index contributed by atoms with van der Waals surface area (Å²) in [7, 11) is 4.15. The minimum absolute atomic E-state index is 0.414. The Labute approximate surface area is 124 Å². The Morgan fingerprint density at radius 2 is 2.30 bits per heavy atom. The Balaban J connectivity index is 2.23. The van der Waals surface area contributed by atoms with Crippen LogP contribution in [-0.4, -0.2) is 54.2 Å². The molecule has 6 heteroatoms. The normalized spacial score (nSPS) is 19.0. The minimum atomic E-state index is -0.847. The molecule has 2 rings (SSSR count). The molecule has 1 aromatic rings. The first-order valence-corrected chi connectivity index (χ1v) is 7.99. The molecule has 1 aromatic heterocycles. The van der Waals surface area contributed by atoms with E-state index in [4.69, 9.17) is 0 Å². The number of thiazole rings is 1. The molecule has 5 nitrogen and oxygen atoms in total. The molecule has 0 saturated carbocycles. The molecular formula is C14H23N3O2S. The zero-order valence-electron chi connectivity index (χ0n) is 12.4. The van der Waals surface area contributed by atoms with Gasteiger partial charge in [-0.1, -0.05) is 24.7 Å². The van der Waals surface area contributed by atoms with Crippen LogP contribution in [0.2, 0.25) is 0 Å². The van der Waals surface area contributed by atoms with Gasteiger partial charge in [0.25, 0.3) is 0 Å². The summed E-state index contributed by atoms with van der Waals surface area (Å²) in [5, 5.41) is 10.2. The van der Waals surface area contributed by atoms with Crippen LogP contribution in [0.3, 0.4) is 0 Å². The lowest BCUT2D eigenvalue weighted by atomic mass is 10.2. The van der Waals surface area contributed by atoms with Crippen LogP contribution in [0.1, 0.15) is 41.6 Å². The zero-order valence-corrected chi connectivity index (χ0v) is 13.2. The summed E-state index contributed by atoms with van der Waals surface area (Å²) in [5.74, 6) is -0.847. The van der Waals surface area contributed by atoms with Gasteiger partial charge in [0.05, 0.1) is 5.69 Å². The van der Waals surface area contributed by atoms with Crippen molar-refractivity contribution in [1.82, 2.24) is 9.88 Å². The van der Waals surface area contributed by atoms with Crippen LogP contribution in [0.15, 0.2) is 0 Å². The van der Waals surface area contributed by atoms with Gasteiger partial charge in [0, 0.05) is 19.1 Å². The molecule has 20 heavy (non-hydrogen) atoms. The highest BCUT2D eigenvalue weighted by atomic mass is 32.1. The molecule has 0 radical (unpaired) electrons. The second-order valence-corrected chi connectivity index (χ2v) is 6.56. The first kappa shape index (κ1) is 15.3. The Bertz CT molecular complexity index is 473. The van der Waals surface area contributed by atoms with Crippen molar-refractivity contribution in [3.8, 4) is 0 Å². The van der Waals surface area contributed by atoms with Gasteiger partial charge in [0.1, 0.15) is 4.88 Å². The Morgan fingerprint density at radius 1 is 1.55 bits per heavy atom. The number of aromatic nitrogens is 1. The van der Waals surface area contributed by atoms with E-state index < -0.39 is 5.97 Å². The van der Waals surface area contributed by atoms with E-state index in [0.717, 1.165) is 49.6 Å². The highest BCUT2D eigenvalue weighted by Crippen LogP contribution is 2.32. The molecule has 112 valence electrons. The number of hydrogen-bond acceptors (Lipinski definition) is 5. The molecule has 1 aliphatic rings. The molecule has 1 unspecified atom stereocenters. The lowest BCUT2D eigenvalue weighted by Crippen LogP contribution is -2.37. The number of carboxylic acids is 1. The average molecular weight is 297 g/mol. The summed E-state index contributed by atoms with van der Waals surface area (Å²) < 4.78 is 0. The van der Waals surface area contributed by atoms with Crippen LogP contribution >= 0.6 is 11.3 Å². The third kappa shape index (κ3) is 3.30. The Hall–Kier alpha value is -1.14. The summed E-state index contributed by atoms with van der Waals surface area (Å²) in [4.78, 5) is 20.8. The van der Waals surface area contributed by atoms with Crippen molar-refractivity contribution in [2.75, 3.05) is 32.1 Å². The van der Waals surface area contributed by atoms with Crippen LogP contribution in [-0.2, 0) is 6.42 Å². The third-order valence-electron chi connectivity index (χ3n) is 3.57. The highest BCUT2D eigenvalue weighted by Gasteiger charge is 2.29. The van der Waals surface area contributed by atoms with Gasteiger partial charge in [-0.3, -0.25) is 0 Å². The number of nitrogens with zero attached hydrogens (tertiary/aromatic N) is 3. The van der Waals surface area contributed by atoms with Gasteiger partial charge >= 0.3 is 5.97 Å². The van der Waals surface area contributed by atoms with Gasteiger partial charge in [0.2, 0.25) is 0 Å². The fourth-order valence-electron chi connectivity index (χ4n) is 2.73. The molecule has 0 spiro atoms. The van der Waals surface area contributed by atoms with Crippen LogP contribution in [0.5, 0.6) is 0 Å². The predicted octanol–water partition coefficient (Wildman–Crippen LogP) is 2.32. The van der Waals surface area contributed by atoms with Crippen molar-refractivity contribution in [3.63, 3.8) is 0 Å². The van der Waals surface area contributed by atoms with Crippen molar-refractivity contribution >= 4 is 22.4 Å². The number of aromatic carboxylic acids is 1. The minimum Gasteiger partial charge on any atom is -0.477 e. The fourth-order valence-corrected chi connectivity index (χ4v) is 3.78. The van der Waals surface area contributed by atoms with Crippen molar-refractivity contribution in [1.29, 1.82) is 0 Å². The molecule has 1 N–H and O–H groups in total. The largest absolute Gasteiger partial charge is 0.477 e. The van der Waals surface area contributed by atoms with E-state index in [1.807, 2.05) is 0 Å². The lowest BCUT2D eigenvalue weighted by molar-refractivity contribution is 0.0700. The summed E-state index contributed by atoms with van der Waals surface area (Å²) in [6.45, 7) is 4.02.